The van der Waals surface area contributed by atoms with E-state index < -0.39 is 35.4 Å². The molecule has 1 fully saturated rings. The molecule has 5 nitrogen and oxygen atoms in total. The lowest BCUT2D eigenvalue weighted by Gasteiger charge is -2.32. The molecule has 1 heterocycles. The van der Waals surface area contributed by atoms with Gasteiger partial charge in [0.05, 0.1) is 12.7 Å². The number of hydrogen-bond acceptors (Lipinski definition) is 4. The van der Waals surface area contributed by atoms with Crippen LogP contribution in [0.2, 0.25) is 0 Å². The number of hydrogen-bond donors (Lipinski definition) is 1. The molecule has 1 aromatic rings. The maximum Gasteiger partial charge on any atom is 0.389 e. The molecule has 0 spiro atoms. The predicted octanol–water partition coefficient (Wildman–Crippen LogP) is 2.40. The van der Waals surface area contributed by atoms with Crippen LogP contribution in [-0.4, -0.2) is 53.9 Å². The molecule has 25 heavy (non-hydrogen) atoms. The maximum atomic E-state index is 14.2. The van der Waals surface area contributed by atoms with Crippen LogP contribution in [0.1, 0.15) is 34.9 Å². The summed E-state index contributed by atoms with van der Waals surface area (Å²) in [5.74, 6) is -12.8. The first-order valence-corrected chi connectivity index (χ1v) is 7.54. The highest BCUT2D eigenvalue weighted by atomic mass is 19.3. The Morgan fingerprint density at radius 2 is 1.64 bits per heavy atom. The number of ether oxygens (including phenoxy) is 1. The third-order valence-corrected chi connectivity index (χ3v) is 4.07. The van der Waals surface area contributed by atoms with Crippen molar-refractivity contribution in [1.29, 1.82) is 0 Å². The van der Waals surface area contributed by atoms with Crippen LogP contribution in [0.4, 0.5) is 17.6 Å². The van der Waals surface area contributed by atoms with Gasteiger partial charge in [0, 0.05) is 13.1 Å². The second-order valence-corrected chi connectivity index (χ2v) is 5.71. The number of rotatable bonds is 5. The van der Waals surface area contributed by atoms with Crippen molar-refractivity contribution in [3.63, 3.8) is 0 Å². The summed E-state index contributed by atoms with van der Waals surface area (Å²) >= 11 is 0. The maximum absolute atomic E-state index is 14.2. The molecule has 1 aromatic carbocycles. The Hall–Kier alpha value is -2.16. The van der Waals surface area contributed by atoms with Gasteiger partial charge >= 0.3 is 17.8 Å². The quantitative estimate of drug-likeness (QED) is 0.644. The van der Waals surface area contributed by atoms with Crippen LogP contribution < -0.4 is 0 Å². The number of carbonyl (C=O) groups excluding carboxylic acids is 2. The number of aliphatic hydroxyl groups is 1. The van der Waals surface area contributed by atoms with Crippen molar-refractivity contribution in [2.24, 2.45) is 0 Å². The van der Waals surface area contributed by atoms with Crippen molar-refractivity contribution in [3.8, 4) is 0 Å². The molecule has 1 aliphatic heterocycles. The smallest absolute Gasteiger partial charge is 0.389 e. The summed E-state index contributed by atoms with van der Waals surface area (Å²) in [5, 5.41) is 9.75. The number of amides is 1. The minimum Gasteiger partial charge on any atom is -0.465 e. The predicted molar refractivity (Wildman–Crippen MR) is 78.4 cm³/mol. The van der Waals surface area contributed by atoms with Gasteiger partial charge in [-0.1, -0.05) is 12.1 Å². The number of aliphatic hydroxyl groups excluding tert-OH is 1. The van der Waals surface area contributed by atoms with Crippen molar-refractivity contribution < 1.29 is 37.0 Å². The minimum atomic E-state index is -5.06. The summed E-state index contributed by atoms with van der Waals surface area (Å²) in [6, 6.07) is 3.92. The van der Waals surface area contributed by atoms with Gasteiger partial charge in [-0.2, -0.15) is 17.6 Å². The zero-order valence-electron chi connectivity index (χ0n) is 13.3. The number of esters is 1. The fraction of sp³-hybridized carbons (Fsp3) is 0.500. The number of alkyl halides is 4. The van der Waals surface area contributed by atoms with Gasteiger partial charge in [0.2, 0.25) is 0 Å². The fourth-order valence-electron chi connectivity index (χ4n) is 2.56. The van der Waals surface area contributed by atoms with Crippen molar-refractivity contribution in [2.75, 3.05) is 20.2 Å². The van der Waals surface area contributed by atoms with E-state index in [1.54, 1.807) is 0 Å². The Morgan fingerprint density at radius 3 is 2.12 bits per heavy atom. The van der Waals surface area contributed by atoms with Crippen LogP contribution in [0.25, 0.3) is 0 Å². The topological polar surface area (TPSA) is 66.8 Å². The first kappa shape index (κ1) is 19.2. The fourth-order valence-corrected chi connectivity index (χ4v) is 2.56. The Balaban J connectivity index is 2.24. The molecule has 2 rings (SSSR count). The van der Waals surface area contributed by atoms with Gasteiger partial charge in [0.25, 0.3) is 5.91 Å². The van der Waals surface area contributed by atoms with Crippen molar-refractivity contribution in [1.82, 2.24) is 4.90 Å². The van der Waals surface area contributed by atoms with E-state index in [4.69, 9.17) is 0 Å². The SMILES string of the molecule is COC(=O)c1ccc(C(O)C(F)(F)C(F)(F)C(=O)N2CCCC2)cc1. The molecule has 1 saturated heterocycles. The van der Waals surface area contributed by atoms with Crippen LogP contribution >= 0.6 is 0 Å². The first-order chi connectivity index (χ1) is 11.6. The monoisotopic (exact) mass is 363 g/mol. The normalized spacial score (nSPS) is 16.6. The van der Waals surface area contributed by atoms with E-state index >= 15 is 0 Å². The largest absolute Gasteiger partial charge is 0.465 e. The third-order valence-electron chi connectivity index (χ3n) is 4.07. The minimum absolute atomic E-state index is 0.00155. The third kappa shape index (κ3) is 3.46. The molecule has 1 N–H and O–H groups in total. The van der Waals surface area contributed by atoms with Crippen molar-refractivity contribution in [3.05, 3.63) is 35.4 Å². The van der Waals surface area contributed by atoms with Crippen LogP contribution in [0.3, 0.4) is 0 Å². The molecule has 1 aliphatic rings. The van der Waals surface area contributed by atoms with Gasteiger partial charge < -0.3 is 14.7 Å². The summed E-state index contributed by atoms with van der Waals surface area (Å²) < 4.78 is 60.9. The molecule has 1 amide bonds. The van der Waals surface area contributed by atoms with E-state index in [1.165, 1.54) is 0 Å². The van der Waals surface area contributed by atoms with Gasteiger partial charge in [-0.05, 0) is 30.5 Å². The summed E-state index contributed by atoms with van der Waals surface area (Å²) in [7, 11) is 1.11. The number of benzene rings is 1. The molecule has 9 heteroatoms. The molecule has 0 aliphatic carbocycles. The van der Waals surface area contributed by atoms with Crippen molar-refractivity contribution in [2.45, 2.75) is 30.8 Å². The van der Waals surface area contributed by atoms with Crippen molar-refractivity contribution >= 4 is 11.9 Å². The molecule has 0 radical (unpaired) electrons. The number of halogens is 4. The van der Waals surface area contributed by atoms with Crippen LogP contribution in [-0.2, 0) is 9.53 Å². The van der Waals surface area contributed by atoms with E-state index in [0.717, 1.165) is 31.4 Å². The molecule has 1 atom stereocenters. The summed E-state index contributed by atoms with van der Waals surface area (Å²) in [5.41, 5.74) is -0.548. The second-order valence-electron chi connectivity index (χ2n) is 5.71. The number of likely N-dealkylation sites (tertiary alicyclic amines) is 1. The van der Waals surface area contributed by atoms with Crippen LogP contribution in [0.5, 0.6) is 0 Å². The van der Waals surface area contributed by atoms with E-state index in [9.17, 15) is 32.3 Å². The van der Waals surface area contributed by atoms with Gasteiger partial charge in [-0.25, -0.2) is 4.79 Å². The second kappa shape index (κ2) is 6.99. The molecule has 138 valence electrons. The number of nitrogens with zero attached hydrogens (tertiary/aromatic N) is 1. The zero-order chi connectivity index (χ0) is 18.8. The highest BCUT2D eigenvalue weighted by Gasteiger charge is 2.67. The van der Waals surface area contributed by atoms with Crippen LogP contribution in [0.15, 0.2) is 24.3 Å². The molecular formula is C16H17F4NO4. The molecule has 0 bridgehead atoms. The Bertz CT molecular complexity index is 642. The Kier molecular flexibility index (Phi) is 5.36. The van der Waals surface area contributed by atoms with Gasteiger partial charge in [0.1, 0.15) is 6.10 Å². The Labute approximate surface area is 141 Å². The van der Waals surface area contributed by atoms with E-state index in [1.807, 2.05) is 0 Å². The highest BCUT2D eigenvalue weighted by molar-refractivity contribution is 5.89. The Morgan fingerprint density at radius 1 is 1.12 bits per heavy atom. The molecular weight excluding hydrogens is 346 g/mol. The van der Waals surface area contributed by atoms with Crippen LogP contribution in [0, 0.1) is 0 Å². The highest BCUT2D eigenvalue weighted by Crippen LogP contribution is 2.45. The number of methoxy groups -OCH3 is 1. The lowest BCUT2D eigenvalue weighted by atomic mass is 9.97. The van der Waals surface area contributed by atoms with Gasteiger partial charge in [0.15, 0.2) is 0 Å². The average molecular weight is 363 g/mol. The van der Waals surface area contributed by atoms with E-state index in [2.05, 4.69) is 4.74 Å². The molecule has 0 saturated carbocycles. The zero-order valence-corrected chi connectivity index (χ0v) is 13.3. The van der Waals surface area contributed by atoms with E-state index in [0.29, 0.717) is 17.7 Å². The molecule has 0 aromatic heterocycles. The molecule has 1 unspecified atom stereocenters. The van der Waals surface area contributed by atoms with E-state index in [-0.39, 0.29) is 18.7 Å². The lowest BCUT2D eigenvalue weighted by Crippen LogP contribution is -2.55. The van der Waals surface area contributed by atoms with Gasteiger partial charge in [-0.15, -0.1) is 0 Å². The lowest BCUT2D eigenvalue weighted by molar-refractivity contribution is -0.252. The summed E-state index contributed by atoms with van der Waals surface area (Å²) in [6.45, 7) is -0.0388. The standard InChI is InChI=1S/C16H17F4NO4/c1-25-13(23)11-6-4-10(5-7-11)12(22)15(17,18)16(19,20)14(24)21-8-2-3-9-21/h4-7,12,22H,2-3,8-9H2,1H3. The summed E-state index contributed by atoms with van der Waals surface area (Å²) in [4.78, 5) is 23.7. The summed E-state index contributed by atoms with van der Waals surface area (Å²) in [6.07, 6.45) is -1.99. The first-order valence-electron chi connectivity index (χ1n) is 7.54. The van der Waals surface area contributed by atoms with Gasteiger partial charge in [-0.3, -0.25) is 4.79 Å². The number of carbonyl (C=O) groups is 2. The average Bonchev–Trinajstić information content (AvgIpc) is 3.14.